The van der Waals surface area contributed by atoms with Gasteiger partial charge in [0.15, 0.2) is 0 Å². The number of ketones is 1. The number of amides is 1. The van der Waals surface area contributed by atoms with Crippen LogP contribution in [0.1, 0.15) is 66.2 Å². The Hall–Kier alpha value is -0.900. The monoisotopic (exact) mass is 298 g/mol. The van der Waals surface area contributed by atoms with E-state index in [4.69, 9.17) is 0 Å². The third kappa shape index (κ3) is 10.5. The van der Waals surface area contributed by atoms with E-state index in [1.165, 1.54) is 0 Å². The lowest BCUT2D eigenvalue weighted by atomic mass is 9.95. The summed E-state index contributed by atoms with van der Waals surface area (Å²) in [5.74, 6) is 0.0175. The van der Waals surface area contributed by atoms with E-state index < -0.39 is 0 Å². The van der Waals surface area contributed by atoms with Gasteiger partial charge >= 0.3 is 0 Å². The third-order valence-corrected chi connectivity index (χ3v) is 3.75. The number of nitrogens with one attached hydrogen (secondary N) is 1. The highest BCUT2D eigenvalue weighted by Crippen LogP contribution is 2.13. The van der Waals surface area contributed by atoms with Gasteiger partial charge in [-0.1, -0.05) is 33.6 Å². The molecule has 0 spiro atoms. The van der Waals surface area contributed by atoms with Crippen LogP contribution in [0.5, 0.6) is 0 Å². The van der Waals surface area contributed by atoms with Crippen molar-refractivity contribution < 1.29 is 9.59 Å². The van der Waals surface area contributed by atoms with Crippen molar-refractivity contribution >= 4 is 11.7 Å². The van der Waals surface area contributed by atoms with Crippen LogP contribution in [0.15, 0.2) is 0 Å². The van der Waals surface area contributed by atoms with E-state index in [1.807, 2.05) is 0 Å². The van der Waals surface area contributed by atoms with Crippen LogP contribution in [0.3, 0.4) is 0 Å². The van der Waals surface area contributed by atoms with Crippen molar-refractivity contribution in [1.29, 1.82) is 0 Å². The summed E-state index contributed by atoms with van der Waals surface area (Å²) in [6.45, 7) is 11.9. The first kappa shape index (κ1) is 20.1. The highest BCUT2D eigenvalue weighted by molar-refractivity contribution is 5.85. The minimum Gasteiger partial charge on any atom is -0.356 e. The van der Waals surface area contributed by atoms with Crippen LogP contribution < -0.4 is 5.32 Å². The molecule has 0 fully saturated rings. The summed E-state index contributed by atoms with van der Waals surface area (Å²) < 4.78 is 0. The van der Waals surface area contributed by atoms with E-state index in [2.05, 4.69) is 31.0 Å². The molecule has 1 N–H and O–H groups in total. The summed E-state index contributed by atoms with van der Waals surface area (Å²) in [5, 5.41) is 3.00. The van der Waals surface area contributed by atoms with Crippen LogP contribution >= 0.6 is 0 Å². The van der Waals surface area contributed by atoms with Gasteiger partial charge in [0.05, 0.1) is 0 Å². The Kier molecular flexibility index (Phi) is 12.3. The van der Waals surface area contributed by atoms with Crippen molar-refractivity contribution in [2.24, 2.45) is 5.92 Å². The van der Waals surface area contributed by atoms with Crippen molar-refractivity contribution in [2.75, 3.05) is 26.2 Å². The first-order valence-electron chi connectivity index (χ1n) is 8.54. The molecule has 1 atom stereocenters. The fourth-order valence-electron chi connectivity index (χ4n) is 2.53. The molecule has 0 aliphatic carbocycles. The van der Waals surface area contributed by atoms with Gasteiger partial charge in [0, 0.05) is 18.9 Å². The molecule has 0 aromatic carbocycles. The fraction of sp³-hybridized carbons (Fsp3) is 0.882. The lowest BCUT2D eigenvalue weighted by Gasteiger charge is -2.20. The van der Waals surface area contributed by atoms with Gasteiger partial charge in [-0.3, -0.25) is 4.79 Å². The number of Topliss-reactive ketones (excluding diaryl/α,β-unsaturated/α-hetero) is 1. The van der Waals surface area contributed by atoms with Crippen molar-refractivity contribution in [3.63, 3.8) is 0 Å². The minimum absolute atomic E-state index is 0.0530. The number of hydrogen-bond acceptors (Lipinski definition) is 3. The smallest absolute Gasteiger partial charge is 0.223 e. The number of nitrogens with zero attached hydrogens (tertiary/aromatic N) is 1. The fourth-order valence-corrected chi connectivity index (χ4v) is 2.53. The number of carbonyl (C=O) groups excluding carboxylic acids is 2. The molecule has 1 amide bonds. The molecule has 0 heterocycles. The second kappa shape index (κ2) is 12.8. The molecule has 21 heavy (non-hydrogen) atoms. The van der Waals surface area contributed by atoms with E-state index in [-0.39, 0.29) is 17.6 Å². The van der Waals surface area contributed by atoms with Gasteiger partial charge in [0.2, 0.25) is 5.91 Å². The van der Waals surface area contributed by atoms with Gasteiger partial charge in [-0.05, 0) is 45.8 Å². The summed E-state index contributed by atoms with van der Waals surface area (Å²) in [7, 11) is 0. The third-order valence-electron chi connectivity index (χ3n) is 3.75. The molecule has 0 aromatic rings. The van der Waals surface area contributed by atoms with Crippen molar-refractivity contribution in [3.8, 4) is 0 Å². The zero-order valence-electron chi connectivity index (χ0n) is 14.4. The SMILES string of the molecule is CCCC[C@@H](CC(C)=O)C(=O)NCCCN(CC)CCC. The predicted molar refractivity (Wildman–Crippen MR) is 88.3 cm³/mol. The summed E-state index contributed by atoms with van der Waals surface area (Å²) in [6, 6.07) is 0. The molecule has 4 nitrogen and oxygen atoms in total. The van der Waals surface area contributed by atoms with Gasteiger partial charge in [0.25, 0.3) is 0 Å². The molecular formula is C17H34N2O2. The first-order valence-corrected chi connectivity index (χ1v) is 8.54. The minimum atomic E-state index is -0.139. The molecule has 124 valence electrons. The van der Waals surface area contributed by atoms with Gasteiger partial charge in [-0.2, -0.15) is 0 Å². The van der Waals surface area contributed by atoms with Crippen LogP contribution in [0.2, 0.25) is 0 Å². The highest BCUT2D eigenvalue weighted by Gasteiger charge is 2.19. The van der Waals surface area contributed by atoms with Crippen molar-refractivity contribution in [2.45, 2.75) is 66.2 Å². The molecule has 0 aromatic heterocycles. The second-order valence-electron chi connectivity index (χ2n) is 5.82. The molecule has 4 heteroatoms. The number of hydrogen-bond donors (Lipinski definition) is 1. The first-order chi connectivity index (χ1) is 10.0. The van der Waals surface area contributed by atoms with E-state index in [9.17, 15) is 9.59 Å². The normalized spacial score (nSPS) is 12.4. The Labute approximate surface area is 130 Å². The Balaban J connectivity index is 4.03. The zero-order chi connectivity index (χ0) is 16.1. The van der Waals surface area contributed by atoms with Crippen LogP contribution in [0, 0.1) is 5.92 Å². The molecule has 0 saturated heterocycles. The van der Waals surface area contributed by atoms with Crippen LogP contribution in [0.25, 0.3) is 0 Å². The molecule has 0 saturated carbocycles. The van der Waals surface area contributed by atoms with Gasteiger partial charge in [-0.15, -0.1) is 0 Å². The molecule has 0 radical (unpaired) electrons. The topological polar surface area (TPSA) is 49.4 Å². The quantitative estimate of drug-likeness (QED) is 0.532. The largest absolute Gasteiger partial charge is 0.356 e. The summed E-state index contributed by atoms with van der Waals surface area (Å²) in [4.78, 5) is 25.8. The van der Waals surface area contributed by atoms with Gasteiger partial charge in [-0.25, -0.2) is 0 Å². The Bertz CT molecular complexity index is 293. The maximum absolute atomic E-state index is 12.1. The van der Waals surface area contributed by atoms with E-state index in [1.54, 1.807) is 6.92 Å². The molecular weight excluding hydrogens is 264 g/mol. The van der Waals surface area contributed by atoms with Gasteiger partial charge in [0.1, 0.15) is 5.78 Å². The predicted octanol–water partition coefficient (Wildman–Crippen LogP) is 3.01. The van der Waals surface area contributed by atoms with Crippen LogP contribution in [0.4, 0.5) is 0 Å². The molecule has 0 rings (SSSR count). The molecule has 0 unspecified atom stereocenters. The number of rotatable bonds is 13. The lowest BCUT2D eigenvalue weighted by Crippen LogP contribution is -2.34. The van der Waals surface area contributed by atoms with Crippen molar-refractivity contribution in [3.05, 3.63) is 0 Å². The molecule has 0 aliphatic heterocycles. The average Bonchev–Trinajstić information content (AvgIpc) is 2.45. The van der Waals surface area contributed by atoms with Gasteiger partial charge < -0.3 is 15.0 Å². The average molecular weight is 298 g/mol. The Morgan fingerprint density at radius 1 is 1.05 bits per heavy atom. The van der Waals surface area contributed by atoms with Crippen LogP contribution in [-0.4, -0.2) is 42.8 Å². The van der Waals surface area contributed by atoms with Crippen LogP contribution in [-0.2, 0) is 9.59 Å². The second-order valence-corrected chi connectivity index (χ2v) is 5.82. The van der Waals surface area contributed by atoms with E-state index >= 15 is 0 Å². The maximum atomic E-state index is 12.1. The summed E-state index contributed by atoms with van der Waals surface area (Å²) >= 11 is 0. The van der Waals surface area contributed by atoms with E-state index in [0.717, 1.165) is 51.7 Å². The van der Waals surface area contributed by atoms with Crippen molar-refractivity contribution in [1.82, 2.24) is 10.2 Å². The Morgan fingerprint density at radius 2 is 1.76 bits per heavy atom. The zero-order valence-corrected chi connectivity index (χ0v) is 14.4. The maximum Gasteiger partial charge on any atom is 0.223 e. The Morgan fingerprint density at radius 3 is 2.29 bits per heavy atom. The lowest BCUT2D eigenvalue weighted by molar-refractivity contribution is -0.129. The number of unbranched alkanes of at least 4 members (excludes halogenated alkanes) is 1. The molecule has 0 aliphatic rings. The summed E-state index contributed by atoms with van der Waals surface area (Å²) in [6.07, 6.45) is 5.40. The number of carbonyl (C=O) groups is 2. The molecule has 0 bridgehead atoms. The highest BCUT2D eigenvalue weighted by atomic mass is 16.2. The van der Waals surface area contributed by atoms with E-state index in [0.29, 0.717) is 13.0 Å². The summed E-state index contributed by atoms with van der Waals surface area (Å²) in [5.41, 5.74) is 0. The standard InChI is InChI=1S/C17H34N2O2/c1-5-8-10-16(14-15(4)20)17(21)18-11-9-13-19(7-3)12-6-2/h16H,5-14H2,1-4H3,(H,18,21)/t16-/m0/s1.